The van der Waals surface area contributed by atoms with Gasteiger partial charge in [0.05, 0.1) is 17.7 Å². The van der Waals surface area contributed by atoms with Crippen molar-refractivity contribution in [2.24, 2.45) is 0 Å². The van der Waals surface area contributed by atoms with Gasteiger partial charge in [-0.1, -0.05) is 54.1 Å². The molecule has 4 rings (SSSR count). The Kier molecular flexibility index (Phi) is 7.81. The van der Waals surface area contributed by atoms with Crippen molar-refractivity contribution in [3.8, 4) is 5.75 Å². The van der Waals surface area contributed by atoms with Crippen molar-refractivity contribution >= 4 is 23.3 Å². The van der Waals surface area contributed by atoms with Gasteiger partial charge in [0.2, 0.25) is 0 Å². The topological polar surface area (TPSA) is 66.5 Å². The molecule has 1 aliphatic rings. The highest BCUT2D eigenvalue weighted by Gasteiger charge is 2.23. The van der Waals surface area contributed by atoms with Crippen LogP contribution in [-0.4, -0.2) is 42.0 Å². The Bertz CT molecular complexity index is 1050. The molecule has 0 unspecified atom stereocenters. The van der Waals surface area contributed by atoms with E-state index in [0.717, 1.165) is 43.8 Å². The number of hydrogen-bond acceptors (Lipinski definition) is 5. The molecule has 0 saturated carbocycles. The Morgan fingerprint density at radius 2 is 1.82 bits per heavy atom. The Labute approximate surface area is 199 Å². The Balaban J connectivity index is 1.33. The van der Waals surface area contributed by atoms with Crippen LogP contribution < -0.4 is 15.4 Å². The first kappa shape index (κ1) is 23.1. The van der Waals surface area contributed by atoms with E-state index in [1.807, 2.05) is 30.3 Å². The van der Waals surface area contributed by atoms with Gasteiger partial charge >= 0.3 is 0 Å². The number of nitrogens with one attached hydrogen (secondary N) is 2. The molecule has 0 aliphatic carbocycles. The molecule has 2 heterocycles. The van der Waals surface area contributed by atoms with E-state index >= 15 is 0 Å². The van der Waals surface area contributed by atoms with Gasteiger partial charge in [-0.05, 0) is 42.2 Å². The predicted molar refractivity (Wildman–Crippen MR) is 132 cm³/mol. The third kappa shape index (κ3) is 6.46. The van der Waals surface area contributed by atoms with Crippen LogP contribution in [0.2, 0.25) is 5.02 Å². The van der Waals surface area contributed by atoms with Crippen LogP contribution in [0.3, 0.4) is 0 Å². The molecule has 1 aliphatic heterocycles. The van der Waals surface area contributed by atoms with Gasteiger partial charge < -0.3 is 15.4 Å². The second kappa shape index (κ2) is 11.2. The minimum Gasteiger partial charge on any atom is -0.497 e. The highest BCUT2D eigenvalue weighted by atomic mass is 35.5. The number of carbonyl (C=O) groups is 1. The van der Waals surface area contributed by atoms with Crippen molar-refractivity contribution in [3.05, 3.63) is 88.6 Å². The van der Waals surface area contributed by atoms with Crippen molar-refractivity contribution in [3.63, 3.8) is 0 Å². The number of carbonyl (C=O) groups excluding carboxylic acids is 1. The molecule has 7 heteroatoms. The maximum atomic E-state index is 13.1. The number of methoxy groups -OCH3 is 1. The molecule has 1 amide bonds. The highest BCUT2D eigenvalue weighted by molar-refractivity contribution is 6.31. The summed E-state index contributed by atoms with van der Waals surface area (Å²) >= 11 is 6.16. The first-order valence-corrected chi connectivity index (χ1v) is 11.6. The van der Waals surface area contributed by atoms with E-state index in [0.29, 0.717) is 22.9 Å². The fourth-order valence-electron chi connectivity index (χ4n) is 4.02. The molecule has 1 saturated heterocycles. The zero-order valence-corrected chi connectivity index (χ0v) is 19.5. The number of ether oxygens (including phenoxy) is 1. The zero-order valence-electron chi connectivity index (χ0n) is 18.8. The molecule has 3 aromatic rings. The van der Waals surface area contributed by atoms with E-state index in [1.165, 1.54) is 5.56 Å². The summed E-state index contributed by atoms with van der Waals surface area (Å²) in [5, 5.41) is 6.88. The minimum absolute atomic E-state index is 0.137. The van der Waals surface area contributed by atoms with E-state index in [-0.39, 0.29) is 11.9 Å². The molecule has 0 spiro atoms. The number of benzene rings is 2. The monoisotopic (exact) mass is 464 g/mol. The van der Waals surface area contributed by atoms with E-state index in [4.69, 9.17) is 16.3 Å². The fraction of sp³-hybridized carbons (Fsp3) is 0.308. The van der Waals surface area contributed by atoms with Crippen LogP contribution in [0.25, 0.3) is 0 Å². The van der Waals surface area contributed by atoms with Crippen molar-refractivity contribution < 1.29 is 9.53 Å². The summed E-state index contributed by atoms with van der Waals surface area (Å²) in [6, 6.07) is 20.1. The van der Waals surface area contributed by atoms with Crippen LogP contribution in [0.4, 0.5) is 5.82 Å². The van der Waals surface area contributed by atoms with E-state index in [2.05, 4.69) is 44.8 Å². The minimum atomic E-state index is -0.149. The lowest BCUT2D eigenvalue weighted by molar-refractivity contribution is 0.0909. The van der Waals surface area contributed by atoms with Gasteiger partial charge in [0.25, 0.3) is 5.91 Å². The summed E-state index contributed by atoms with van der Waals surface area (Å²) in [5.74, 6) is 1.18. The number of hydrogen-bond donors (Lipinski definition) is 2. The van der Waals surface area contributed by atoms with Crippen molar-refractivity contribution in [1.82, 2.24) is 15.2 Å². The maximum Gasteiger partial charge on any atom is 0.255 e. The lowest BCUT2D eigenvalue weighted by Gasteiger charge is -2.32. The third-order valence-corrected chi connectivity index (χ3v) is 6.10. The van der Waals surface area contributed by atoms with Gasteiger partial charge in [-0.15, -0.1) is 0 Å². The first-order chi connectivity index (χ1) is 16.1. The number of piperidine rings is 1. The second-order valence-electron chi connectivity index (χ2n) is 8.26. The molecular weight excluding hydrogens is 436 g/mol. The van der Waals surface area contributed by atoms with Gasteiger partial charge in [-0.25, -0.2) is 4.98 Å². The van der Waals surface area contributed by atoms with E-state index in [9.17, 15) is 4.79 Å². The first-order valence-electron chi connectivity index (χ1n) is 11.2. The number of aromatic nitrogens is 1. The lowest BCUT2D eigenvalue weighted by atomic mass is 10.0. The van der Waals surface area contributed by atoms with Crippen molar-refractivity contribution in [2.45, 2.75) is 32.0 Å². The number of pyridine rings is 1. The molecule has 2 aromatic carbocycles. The van der Waals surface area contributed by atoms with Gasteiger partial charge in [0.1, 0.15) is 11.6 Å². The van der Waals surface area contributed by atoms with E-state index in [1.54, 1.807) is 19.4 Å². The lowest BCUT2D eigenvalue weighted by Crippen LogP contribution is -2.44. The highest BCUT2D eigenvalue weighted by Crippen LogP contribution is 2.21. The Hall–Kier alpha value is -3.09. The van der Waals surface area contributed by atoms with Gasteiger partial charge in [0, 0.05) is 38.4 Å². The summed E-state index contributed by atoms with van der Waals surface area (Å²) in [4.78, 5) is 19.9. The Morgan fingerprint density at radius 1 is 1.09 bits per heavy atom. The number of likely N-dealkylation sites (tertiary alicyclic amines) is 1. The number of anilines is 1. The maximum absolute atomic E-state index is 13.1. The molecule has 1 fully saturated rings. The normalized spacial score (nSPS) is 14.6. The second-order valence-corrected chi connectivity index (χ2v) is 8.70. The van der Waals surface area contributed by atoms with Crippen LogP contribution in [0.15, 0.2) is 66.9 Å². The smallest absolute Gasteiger partial charge is 0.255 e. The average Bonchev–Trinajstić information content (AvgIpc) is 2.85. The molecular formula is C26H29ClN4O2. The molecule has 1 aromatic heterocycles. The fourth-order valence-corrected chi connectivity index (χ4v) is 4.18. The van der Waals surface area contributed by atoms with Gasteiger partial charge in [-0.2, -0.15) is 0 Å². The standard InChI is InChI=1S/C26H29ClN4O2/c1-33-23-9-7-19(8-10-23)16-28-25-24(15-21(27)17-29-25)26(32)30-22-11-13-31(14-12-22)18-20-5-3-2-4-6-20/h2-10,15,17,22H,11-14,16,18H2,1H3,(H,28,29)(H,30,32). The summed E-state index contributed by atoms with van der Waals surface area (Å²) < 4.78 is 5.20. The summed E-state index contributed by atoms with van der Waals surface area (Å²) in [6.07, 6.45) is 3.39. The van der Waals surface area contributed by atoms with E-state index < -0.39 is 0 Å². The number of nitrogens with zero attached hydrogens (tertiary/aromatic N) is 2. The summed E-state index contributed by atoms with van der Waals surface area (Å²) in [5.41, 5.74) is 2.84. The quantitative estimate of drug-likeness (QED) is 0.503. The Morgan fingerprint density at radius 3 is 2.52 bits per heavy atom. The van der Waals surface area contributed by atoms with Crippen LogP contribution >= 0.6 is 11.6 Å². The van der Waals surface area contributed by atoms with Crippen molar-refractivity contribution in [2.75, 3.05) is 25.5 Å². The van der Waals surface area contributed by atoms with Crippen LogP contribution in [0.5, 0.6) is 5.75 Å². The number of amides is 1. The summed E-state index contributed by atoms with van der Waals surface area (Å²) in [6.45, 7) is 3.39. The molecule has 2 N–H and O–H groups in total. The van der Waals surface area contributed by atoms with Crippen LogP contribution in [-0.2, 0) is 13.1 Å². The predicted octanol–water partition coefficient (Wildman–Crippen LogP) is 4.75. The molecule has 0 radical (unpaired) electrons. The third-order valence-electron chi connectivity index (χ3n) is 5.89. The van der Waals surface area contributed by atoms with Crippen molar-refractivity contribution in [1.29, 1.82) is 0 Å². The molecule has 6 nitrogen and oxygen atoms in total. The largest absolute Gasteiger partial charge is 0.497 e. The van der Waals surface area contributed by atoms with Crippen LogP contribution in [0.1, 0.15) is 34.3 Å². The molecule has 172 valence electrons. The SMILES string of the molecule is COc1ccc(CNc2ncc(Cl)cc2C(=O)NC2CCN(Cc3ccccc3)CC2)cc1. The number of rotatable bonds is 8. The zero-order chi connectivity index (χ0) is 23.0. The average molecular weight is 465 g/mol. The molecule has 0 bridgehead atoms. The molecule has 0 atom stereocenters. The molecule has 33 heavy (non-hydrogen) atoms. The number of halogens is 1. The summed E-state index contributed by atoms with van der Waals surface area (Å²) in [7, 11) is 1.64. The van der Waals surface area contributed by atoms with Gasteiger partial charge in [0.15, 0.2) is 0 Å². The van der Waals surface area contributed by atoms with Crippen LogP contribution in [0, 0.1) is 0 Å². The van der Waals surface area contributed by atoms with Gasteiger partial charge in [-0.3, -0.25) is 9.69 Å².